The summed E-state index contributed by atoms with van der Waals surface area (Å²) in [6.07, 6.45) is 7.07. The van der Waals surface area contributed by atoms with Crippen molar-refractivity contribution in [1.29, 1.82) is 0 Å². The molecule has 0 amide bonds. The van der Waals surface area contributed by atoms with Crippen LogP contribution in [0.2, 0.25) is 10.0 Å². The van der Waals surface area contributed by atoms with Gasteiger partial charge in [0.05, 0.1) is 15.0 Å². The zero-order valence-electron chi connectivity index (χ0n) is 16.4. The molecule has 30 heavy (non-hydrogen) atoms. The van der Waals surface area contributed by atoms with Crippen molar-refractivity contribution < 1.29 is 14.4 Å². The van der Waals surface area contributed by atoms with Gasteiger partial charge in [0, 0.05) is 36.4 Å². The second-order valence-electron chi connectivity index (χ2n) is 8.36. The maximum absolute atomic E-state index is 11.0. The average Bonchev–Trinajstić information content (AvgIpc) is 3.06. The Morgan fingerprint density at radius 1 is 1.13 bits per heavy atom. The van der Waals surface area contributed by atoms with Crippen LogP contribution >= 0.6 is 23.2 Å². The molecule has 1 saturated carbocycles. The van der Waals surface area contributed by atoms with Crippen molar-refractivity contribution in [2.45, 2.75) is 50.2 Å². The van der Waals surface area contributed by atoms with Crippen molar-refractivity contribution in [3.63, 3.8) is 0 Å². The Balaban J connectivity index is 1.47. The SMILES string of the molecule is O=[N+]([O-])c1cc(Cl)c(Oc2ccc3c(c2)C2(CCC2)CN3C2CCCCO2)c(Cl)c1. The van der Waals surface area contributed by atoms with Gasteiger partial charge in [-0.1, -0.05) is 29.6 Å². The van der Waals surface area contributed by atoms with E-state index >= 15 is 0 Å². The molecule has 1 spiro atoms. The molecule has 1 saturated heterocycles. The molecule has 1 atom stereocenters. The monoisotopic (exact) mass is 448 g/mol. The molecule has 0 bridgehead atoms. The minimum Gasteiger partial charge on any atom is -0.454 e. The Labute approximate surface area is 184 Å². The van der Waals surface area contributed by atoms with Crippen molar-refractivity contribution in [2.75, 3.05) is 18.1 Å². The number of anilines is 1. The zero-order chi connectivity index (χ0) is 20.9. The summed E-state index contributed by atoms with van der Waals surface area (Å²) in [4.78, 5) is 12.9. The molecule has 158 valence electrons. The minimum atomic E-state index is -0.529. The lowest BCUT2D eigenvalue weighted by Gasteiger charge is -2.40. The van der Waals surface area contributed by atoms with E-state index in [1.165, 1.54) is 36.2 Å². The lowest BCUT2D eigenvalue weighted by molar-refractivity contribution is -0.384. The fourth-order valence-corrected chi connectivity index (χ4v) is 5.43. The number of nitrogens with zero attached hydrogens (tertiary/aromatic N) is 2. The molecule has 1 unspecified atom stereocenters. The van der Waals surface area contributed by atoms with Crippen LogP contribution in [0.3, 0.4) is 0 Å². The van der Waals surface area contributed by atoms with Crippen LogP contribution in [-0.2, 0) is 10.2 Å². The molecule has 6 nitrogen and oxygen atoms in total. The maximum atomic E-state index is 11.0. The normalized spacial score (nSPS) is 21.9. The number of nitro benzene ring substituents is 1. The van der Waals surface area contributed by atoms with E-state index in [2.05, 4.69) is 17.0 Å². The Kier molecular flexibility index (Phi) is 5.04. The Hall–Kier alpha value is -2.02. The number of halogens is 2. The number of benzene rings is 2. The Morgan fingerprint density at radius 2 is 1.90 bits per heavy atom. The third-order valence-corrected chi connectivity index (χ3v) is 7.11. The van der Waals surface area contributed by atoms with E-state index in [-0.39, 0.29) is 33.1 Å². The molecule has 2 aromatic rings. The third kappa shape index (κ3) is 3.31. The summed E-state index contributed by atoms with van der Waals surface area (Å²) in [6, 6.07) is 8.58. The van der Waals surface area contributed by atoms with Crippen LogP contribution in [0, 0.1) is 10.1 Å². The van der Waals surface area contributed by atoms with Crippen LogP contribution in [0.25, 0.3) is 0 Å². The predicted molar refractivity (Wildman–Crippen MR) is 116 cm³/mol. The number of non-ortho nitro benzene ring substituents is 1. The average molecular weight is 449 g/mol. The van der Waals surface area contributed by atoms with E-state index in [0.29, 0.717) is 5.75 Å². The first-order valence-corrected chi connectivity index (χ1v) is 11.1. The number of nitro groups is 1. The highest BCUT2D eigenvalue weighted by molar-refractivity contribution is 6.37. The van der Waals surface area contributed by atoms with Crippen molar-refractivity contribution in [1.82, 2.24) is 0 Å². The Morgan fingerprint density at radius 3 is 2.50 bits per heavy atom. The predicted octanol–water partition coefficient (Wildman–Crippen LogP) is 6.46. The highest BCUT2D eigenvalue weighted by atomic mass is 35.5. The maximum Gasteiger partial charge on any atom is 0.272 e. The van der Waals surface area contributed by atoms with Crippen molar-refractivity contribution in [3.8, 4) is 11.5 Å². The summed E-state index contributed by atoms with van der Waals surface area (Å²) in [5.41, 5.74) is 2.49. The highest BCUT2D eigenvalue weighted by Gasteiger charge is 2.48. The van der Waals surface area contributed by atoms with Crippen molar-refractivity contribution in [3.05, 3.63) is 56.1 Å². The van der Waals surface area contributed by atoms with Crippen LogP contribution in [0.5, 0.6) is 11.5 Å². The molecule has 0 N–H and O–H groups in total. The molecular formula is C22H22Cl2N2O4. The van der Waals surface area contributed by atoms with Crippen LogP contribution in [0.1, 0.15) is 44.1 Å². The van der Waals surface area contributed by atoms with E-state index in [1.807, 2.05) is 6.07 Å². The van der Waals surface area contributed by atoms with E-state index in [0.717, 1.165) is 38.8 Å². The largest absolute Gasteiger partial charge is 0.454 e. The number of hydrogen-bond acceptors (Lipinski definition) is 5. The molecule has 2 aromatic carbocycles. The van der Waals surface area contributed by atoms with Crippen molar-refractivity contribution in [2.24, 2.45) is 0 Å². The smallest absolute Gasteiger partial charge is 0.272 e. The first-order valence-electron chi connectivity index (χ1n) is 10.3. The van der Waals surface area contributed by atoms with Gasteiger partial charge in [0.25, 0.3) is 5.69 Å². The molecule has 3 aliphatic rings. The van der Waals surface area contributed by atoms with Gasteiger partial charge < -0.3 is 14.4 Å². The second kappa shape index (κ2) is 7.59. The standard InChI is InChI=1S/C22H22Cl2N2O4/c23-17-10-14(26(27)28)11-18(24)21(17)30-15-5-6-19-16(12-15)22(7-3-8-22)13-25(19)20-4-1-2-9-29-20/h5-6,10-12,20H,1-4,7-9,13H2. The molecular weight excluding hydrogens is 427 g/mol. The first kappa shape index (κ1) is 19.9. The molecule has 0 radical (unpaired) electrons. The van der Waals surface area contributed by atoms with Crippen LogP contribution in [0.4, 0.5) is 11.4 Å². The quantitative estimate of drug-likeness (QED) is 0.396. The van der Waals surface area contributed by atoms with Gasteiger partial charge in [0.1, 0.15) is 12.0 Å². The van der Waals surface area contributed by atoms with Gasteiger partial charge in [-0.15, -0.1) is 0 Å². The summed E-state index contributed by atoms with van der Waals surface area (Å²) < 4.78 is 12.1. The van der Waals surface area contributed by atoms with Crippen molar-refractivity contribution >= 4 is 34.6 Å². The molecule has 2 aliphatic heterocycles. The van der Waals surface area contributed by atoms with E-state index in [9.17, 15) is 10.1 Å². The van der Waals surface area contributed by atoms with Gasteiger partial charge in [0.15, 0.2) is 5.75 Å². The number of hydrogen-bond donors (Lipinski definition) is 0. The highest BCUT2D eigenvalue weighted by Crippen LogP contribution is 2.54. The van der Waals surface area contributed by atoms with E-state index < -0.39 is 4.92 Å². The van der Waals surface area contributed by atoms with Crippen LogP contribution in [-0.4, -0.2) is 24.3 Å². The summed E-state index contributed by atoms with van der Waals surface area (Å²) in [6.45, 7) is 1.80. The fraction of sp³-hybridized carbons (Fsp3) is 0.455. The second-order valence-corrected chi connectivity index (χ2v) is 9.17. The van der Waals surface area contributed by atoms with Crippen LogP contribution < -0.4 is 9.64 Å². The molecule has 2 heterocycles. The number of fused-ring (bicyclic) bond motifs is 2. The summed E-state index contributed by atoms with van der Waals surface area (Å²) in [5, 5.41) is 11.2. The van der Waals surface area contributed by atoms with Gasteiger partial charge in [0.2, 0.25) is 0 Å². The molecule has 8 heteroatoms. The molecule has 5 rings (SSSR count). The summed E-state index contributed by atoms with van der Waals surface area (Å²) in [5.74, 6) is 0.862. The van der Waals surface area contributed by atoms with E-state index in [4.69, 9.17) is 32.7 Å². The molecule has 1 aliphatic carbocycles. The number of rotatable bonds is 4. The number of ether oxygens (including phenoxy) is 2. The lowest BCUT2D eigenvalue weighted by Crippen LogP contribution is -2.45. The fourth-order valence-electron chi connectivity index (χ4n) is 4.88. The van der Waals surface area contributed by atoms with Gasteiger partial charge in [-0.2, -0.15) is 0 Å². The van der Waals surface area contributed by atoms with Gasteiger partial charge in [-0.25, -0.2) is 0 Å². The topological polar surface area (TPSA) is 64.8 Å². The van der Waals surface area contributed by atoms with Gasteiger partial charge in [-0.05, 0) is 55.9 Å². The van der Waals surface area contributed by atoms with Crippen LogP contribution in [0.15, 0.2) is 30.3 Å². The van der Waals surface area contributed by atoms with Gasteiger partial charge >= 0.3 is 0 Å². The zero-order valence-corrected chi connectivity index (χ0v) is 17.9. The summed E-state index contributed by atoms with van der Waals surface area (Å²) >= 11 is 12.5. The summed E-state index contributed by atoms with van der Waals surface area (Å²) in [7, 11) is 0. The van der Waals surface area contributed by atoms with Gasteiger partial charge in [-0.3, -0.25) is 10.1 Å². The molecule has 0 aromatic heterocycles. The minimum absolute atomic E-state index is 0.116. The first-order chi connectivity index (χ1) is 14.5. The Bertz CT molecular complexity index is 980. The molecule has 2 fully saturated rings. The van der Waals surface area contributed by atoms with E-state index in [1.54, 1.807) is 0 Å². The third-order valence-electron chi connectivity index (χ3n) is 6.55. The lowest BCUT2D eigenvalue weighted by atomic mass is 9.66.